The molecule has 0 spiro atoms. The Kier molecular flexibility index (Phi) is 5.91. The zero-order valence-electron chi connectivity index (χ0n) is 21.7. The Hall–Kier alpha value is -4.51. The summed E-state index contributed by atoms with van der Waals surface area (Å²) in [6.45, 7) is 7.95. The van der Waals surface area contributed by atoms with E-state index in [0.29, 0.717) is 51.6 Å². The number of ether oxygens (including phenoxy) is 1. The summed E-state index contributed by atoms with van der Waals surface area (Å²) in [6, 6.07) is 8.00. The lowest BCUT2D eigenvalue weighted by Crippen LogP contribution is -2.54. The number of rotatable bonds is 5. The number of anilines is 2. The van der Waals surface area contributed by atoms with Crippen molar-refractivity contribution in [3.8, 4) is 11.6 Å². The fraction of sp³-hybridized carbons (Fsp3) is 0.296. The van der Waals surface area contributed by atoms with Gasteiger partial charge >= 0.3 is 0 Å². The van der Waals surface area contributed by atoms with Gasteiger partial charge in [0.15, 0.2) is 11.4 Å². The molecule has 0 bridgehead atoms. The van der Waals surface area contributed by atoms with Gasteiger partial charge in [0.05, 0.1) is 22.6 Å². The Bertz CT molecular complexity index is 1650. The molecule has 11 heteroatoms. The van der Waals surface area contributed by atoms with Gasteiger partial charge in [-0.25, -0.2) is 4.98 Å². The number of aryl methyl sites for hydroxylation is 2. The van der Waals surface area contributed by atoms with Crippen LogP contribution in [0.1, 0.15) is 29.9 Å². The van der Waals surface area contributed by atoms with Crippen molar-refractivity contribution in [1.29, 1.82) is 0 Å². The second kappa shape index (κ2) is 9.42. The van der Waals surface area contributed by atoms with Gasteiger partial charge in [-0.1, -0.05) is 0 Å². The molecule has 0 aliphatic carbocycles. The molecule has 2 N–H and O–H groups in total. The van der Waals surface area contributed by atoms with Gasteiger partial charge in [0.1, 0.15) is 11.0 Å². The topological polar surface area (TPSA) is 114 Å². The molecule has 1 amide bonds. The summed E-state index contributed by atoms with van der Waals surface area (Å²) in [5.41, 5.74) is 4.70. The van der Waals surface area contributed by atoms with Crippen molar-refractivity contribution in [2.45, 2.75) is 32.9 Å². The molecule has 38 heavy (non-hydrogen) atoms. The van der Waals surface area contributed by atoms with Crippen LogP contribution in [0.15, 0.2) is 55.2 Å². The second-order valence-electron chi connectivity index (χ2n) is 9.85. The van der Waals surface area contributed by atoms with E-state index in [4.69, 9.17) is 4.74 Å². The average molecular weight is 512 g/mol. The third kappa shape index (κ3) is 4.52. The van der Waals surface area contributed by atoms with E-state index in [1.54, 1.807) is 35.4 Å². The summed E-state index contributed by atoms with van der Waals surface area (Å²) in [7, 11) is 1.82. The van der Waals surface area contributed by atoms with Crippen LogP contribution in [0.4, 0.5) is 11.4 Å². The largest absolute Gasteiger partial charge is 0.434 e. The predicted octanol–water partition coefficient (Wildman–Crippen LogP) is 3.55. The first kappa shape index (κ1) is 23.9. The summed E-state index contributed by atoms with van der Waals surface area (Å²) in [4.78, 5) is 29.6. The van der Waals surface area contributed by atoms with Gasteiger partial charge in [-0.2, -0.15) is 0 Å². The Morgan fingerprint density at radius 1 is 1.08 bits per heavy atom. The van der Waals surface area contributed by atoms with Crippen molar-refractivity contribution in [2.75, 3.05) is 23.3 Å². The number of pyridine rings is 1. The monoisotopic (exact) mass is 511 g/mol. The molecule has 0 radical (unpaired) electrons. The van der Waals surface area contributed by atoms with Gasteiger partial charge < -0.3 is 24.7 Å². The molecule has 0 unspecified atom stereocenters. The molecule has 2 atom stereocenters. The molecule has 11 nitrogen and oxygen atoms in total. The zero-order valence-corrected chi connectivity index (χ0v) is 21.7. The molecule has 1 aromatic carbocycles. The maximum atomic E-state index is 13.6. The first-order valence-corrected chi connectivity index (χ1v) is 12.6. The normalized spacial score (nSPS) is 17.7. The molecule has 5 heterocycles. The Morgan fingerprint density at radius 2 is 1.84 bits per heavy atom. The third-order valence-electron chi connectivity index (χ3n) is 6.55. The van der Waals surface area contributed by atoms with Gasteiger partial charge in [-0.3, -0.25) is 19.4 Å². The maximum Gasteiger partial charge on any atom is 0.257 e. The molecular weight excluding hydrogens is 482 g/mol. The van der Waals surface area contributed by atoms with Crippen LogP contribution in [-0.4, -0.2) is 60.2 Å². The number of fused-ring (bicyclic) bond motifs is 2. The molecule has 1 saturated heterocycles. The standard InChI is InChI=1S/C27H29N9O2/c1-16-12-35(13-17(2)30-16)21-6-5-20(24-25(21)29-9-8-28-24)27(37)32-19-11-22(38-23-7-10-34(4)33-23)26-31-18(3)14-36(26)15-19/h5-11,14-17,30H,12-13H2,1-4H3,(H,32,37)/t16-,17-/m0/s1. The van der Waals surface area contributed by atoms with E-state index in [2.05, 4.69) is 49.4 Å². The minimum Gasteiger partial charge on any atom is -0.434 e. The van der Waals surface area contributed by atoms with Crippen LogP contribution in [-0.2, 0) is 7.05 Å². The number of nitrogens with zero attached hydrogens (tertiary/aromatic N) is 7. The molecule has 1 aliphatic heterocycles. The number of hydrogen-bond donors (Lipinski definition) is 2. The predicted molar refractivity (Wildman–Crippen MR) is 145 cm³/mol. The van der Waals surface area contributed by atoms with E-state index in [9.17, 15) is 4.79 Å². The quantitative estimate of drug-likeness (QED) is 0.368. The van der Waals surface area contributed by atoms with Gasteiger partial charge in [-0.15, -0.1) is 5.10 Å². The lowest BCUT2D eigenvalue weighted by molar-refractivity contribution is 0.102. The molecule has 194 valence electrons. The van der Waals surface area contributed by atoms with Crippen LogP contribution >= 0.6 is 0 Å². The molecule has 4 aromatic heterocycles. The molecule has 5 aromatic rings. The van der Waals surface area contributed by atoms with E-state index < -0.39 is 0 Å². The highest BCUT2D eigenvalue weighted by atomic mass is 16.5. The summed E-state index contributed by atoms with van der Waals surface area (Å²) < 4.78 is 9.51. The zero-order chi connectivity index (χ0) is 26.4. The van der Waals surface area contributed by atoms with Crippen LogP contribution in [0.5, 0.6) is 11.6 Å². The number of nitrogens with one attached hydrogen (secondary N) is 2. The summed E-state index contributed by atoms with van der Waals surface area (Å²) in [5.74, 6) is 0.632. The first-order chi connectivity index (χ1) is 18.3. The van der Waals surface area contributed by atoms with Gasteiger partial charge in [0.2, 0.25) is 5.88 Å². The highest BCUT2D eigenvalue weighted by Crippen LogP contribution is 2.31. The summed E-state index contributed by atoms with van der Waals surface area (Å²) in [6.07, 6.45) is 8.77. The van der Waals surface area contributed by atoms with Gasteiger partial charge in [-0.05, 0) is 32.9 Å². The fourth-order valence-corrected chi connectivity index (χ4v) is 5.10. The minimum absolute atomic E-state index is 0.288. The van der Waals surface area contributed by atoms with Crippen molar-refractivity contribution < 1.29 is 9.53 Å². The van der Waals surface area contributed by atoms with Crippen molar-refractivity contribution in [1.82, 2.24) is 34.4 Å². The van der Waals surface area contributed by atoms with Crippen molar-refractivity contribution in [3.05, 3.63) is 66.5 Å². The van der Waals surface area contributed by atoms with E-state index in [1.807, 2.05) is 42.9 Å². The van der Waals surface area contributed by atoms with E-state index in [1.165, 1.54) is 0 Å². The van der Waals surface area contributed by atoms with Crippen LogP contribution in [0, 0.1) is 6.92 Å². The second-order valence-corrected chi connectivity index (χ2v) is 9.85. The van der Waals surface area contributed by atoms with Crippen molar-refractivity contribution in [3.63, 3.8) is 0 Å². The van der Waals surface area contributed by atoms with E-state index in [0.717, 1.165) is 24.5 Å². The first-order valence-electron chi connectivity index (χ1n) is 12.6. The highest BCUT2D eigenvalue weighted by molar-refractivity contribution is 6.13. The molecule has 1 aliphatic rings. The molecule has 0 saturated carbocycles. The lowest BCUT2D eigenvalue weighted by Gasteiger charge is -2.38. The number of hydrogen-bond acceptors (Lipinski definition) is 8. The number of carbonyl (C=O) groups excluding carboxylic acids is 1. The SMILES string of the molecule is Cc1cn2cc(NC(=O)c3ccc(N4C[C@H](C)N[C@@H](C)C4)c4nccnc34)cc(Oc3ccn(C)n3)c2n1. The van der Waals surface area contributed by atoms with Crippen LogP contribution in [0.3, 0.4) is 0 Å². The number of benzene rings is 1. The smallest absolute Gasteiger partial charge is 0.257 e. The maximum absolute atomic E-state index is 13.6. The number of amides is 1. The summed E-state index contributed by atoms with van der Waals surface area (Å²) in [5, 5.41) is 10.9. The van der Waals surface area contributed by atoms with Crippen molar-refractivity contribution >= 4 is 34.0 Å². The molecular formula is C27H29N9O2. The fourth-order valence-electron chi connectivity index (χ4n) is 5.10. The van der Waals surface area contributed by atoms with E-state index in [-0.39, 0.29) is 5.91 Å². The molecule has 1 fully saturated rings. The number of aromatic nitrogens is 6. The van der Waals surface area contributed by atoms with Crippen LogP contribution in [0.25, 0.3) is 16.7 Å². The average Bonchev–Trinajstić information content (AvgIpc) is 3.46. The lowest BCUT2D eigenvalue weighted by atomic mass is 10.1. The minimum atomic E-state index is -0.288. The van der Waals surface area contributed by atoms with Crippen LogP contribution < -0.4 is 20.3 Å². The van der Waals surface area contributed by atoms with E-state index >= 15 is 0 Å². The van der Waals surface area contributed by atoms with Crippen molar-refractivity contribution in [2.24, 2.45) is 7.05 Å². The van der Waals surface area contributed by atoms with Gasteiger partial charge in [0, 0.05) is 75.3 Å². The summed E-state index contributed by atoms with van der Waals surface area (Å²) >= 11 is 0. The number of imidazole rings is 1. The Morgan fingerprint density at radius 3 is 2.58 bits per heavy atom. The molecule has 6 rings (SSSR count). The Labute approximate surface area is 219 Å². The number of piperazine rings is 1. The van der Waals surface area contributed by atoms with Crippen LogP contribution in [0.2, 0.25) is 0 Å². The third-order valence-corrected chi connectivity index (χ3v) is 6.55. The highest BCUT2D eigenvalue weighted by Gasteiger charge is 2.25. The Balaban J connectivity index is 1.34. The van der Waals surface area contributed by atoms with Gasteiger partial charge in [0.25, 0.3) is 5.91 Å². The number of carbonyl (C=O) groups is 1.